The van der Waals surface area contributed by atoms with E-state index in [-0.39, 0.29) is 12.8 Å². The molecule has 0 spiro atoms. The van der Waals surface area contributed by atoms with Gasteiger partial charge in [0.25, 0.3) is 0 Å². The van der Waals surface area contributed by atoms with Gasteiger partial charge in [-0.2, -0.15) is 13.1 Å². The van der Waals surface area contributed by atoms with Crippen LogP contribution in [0.2, 0.25) is 0 Å². The van der Waals surface area contributed by atoms with Gasteiger partial charge in [0, 0.05) is 31.9 Å². The Kier molecular flexibility index (Phi) is 11.2. The van der Waals surface area contributed by atoms with Gasteiger partial charge < -0.3 is 19.9 Å². The number of thiazole rings is 1. The van der Waals surface area contributed by atoms with Gasteiger partial charge in [0.15, 0.2) is 0 Å². The number of hydrogen-bond donors (Lipinski definition) is 3. The molecule has 1 heterocycles. The molecule has 12 nitrogen and oxygen atoms in total. The summed E-state index contributed by atoms with van der Waals surface area (Å²) in [5.41, 5.74) is 4.95. The number of aromatic nitrogens is 1. The molecular weight excluding hydrogens is 665 g/mol. The monoisotopic (exact) mass is 700 g/mol. The van der Waals surface area contributed by atoms with Crippen molar-refractivity contribution in [1.82, 2.24) is 19.7 Å². The number of fused-ring (bicyclic) bond motifs is 1. The average molecular weight is 701 g/mol. The summed E-state index contributed by atoms with van der Waals surface area (Å²) < 4.78 is 37.2. The molecule has 1 aromatic heterocycles. The molecular formula is C35H36N6O6S2. The molecule has 5 aromatic rings. The molecule has 4 aromatic carbocycles. The van der Waals surface area contributed by atoms with Crippen LogP contribution in [-0.4, -0.2) is 64.5 Å². The molecule has 0 aliphatic carbocycles. The Balaban J connectivity index is 1.33. The number of ether oxygens (including phenoxy) is 1. The van der Waals surface area contributed by atoms with Crippen LogP contribution in [0.3, 0.4) is 0 Å². The fourth-order valence-corrected chi connectivity index (χ4v) is 6.77. The summed E-state index contributed by atoms with van der Waals surface area (Å²) in [6, 6.07) is 26.5. The molecule has 1 unspecified atom stereocenters. The van der Waals surface area contributed by atoms with Crippen LogP contribution >= 0.6 is 11.3 Å². The van der Waals surface area contributed by atoms with Crippen molar-refractivity contribution in [3.63, 3.8) is 0 Å². The summed E-state index contributed by atoms with van der Waals surface area (Å²) in [5, 5.41) is 2.53. The maximum Gasteiger partial charge on any atom is 0.330 e. The number of benzene rings is 4. The summed E-state index contributed by atoms with van der Waals surface area (Å²) in [7, 11) is 0.00999. The van der Waals surface area contributed by atoms with E-state index in [2.05, 4.69) is 15.0 Å². The minimum absolute atomic E-state index is 0.00589. The number of likely N-dealkylation sites (N-methyl/N-ethyl adjacent to an activating group) is 2. The topological polar surface area (TPSA) is 150 Å². The van der Waals surface area contributed by atoms with Crippen LogP contribution in [0.4, 0.5) is 16.2 Å². The van der Waals surface area contributed by atoms with Gasteiger partial charge in [0.05, 0.1) is 22.8 Å². The van der Waals surface area contributed by atoms with Gasteiger partial charge in [-0.1, -0.05) is 60.7 Å². The Morgan fingerprint density at radius 3 is 1.94 bits per heavy atom. The molecule has 0 aliphatic rings. The lowest BCUT2D eigenvalue weighted by atomic mass is 10.0. The van der Waals surface area contributed by atoms with Gasteiger partial charge in [-0.3, -0.25) is 9.59 Å². The van der Waals surface area contributed by atoms with E-state index in [4.69, 9.17) is 4.74 Å². The third kappa shape index (κ3) is 9.19. The van der Waals surface area contributed by atoms with Gasteiger partial charge in [0.2, 0.25) is 11.8 Å². The van der Waals surface area contributed by atoms with E-state index in [0.717, 1.165) is 15.8 Å². The highest BCUT2D eigenvalue weighted by Gasteiger charge is 2.31. The third-order valence-corrected chi connectivity index (χ3v) is 9.67. The van der Waals surface area contributed by atoms with Crippen LogP contribution in [0.25, 0.3) is 10.2 Å². The number of carbonyl (C=O) groups is 3. The van der Waals surface area contributed by atoms with E-state index < -0.39 is 40.1 Å². The standard InChI is InChI=1S/C35H36N6O6S2/c1-40(26-14-17-28(47-3)18-15-26)34(43)31(21-25-12-8-5-9-13-25)38-49(45,46)39-35(44)37-30(20-24-10-6-4-7-11-24)33(42)41(2)27-16-19-32-29(22-27)36-23-48-32/h4-19,22-23,30-31,38H,20-21H2,1-3H3,(H2,37,39,44)/t30?,31-/m0/s1. The Bertz CT molecular complexity index is 2010. The Hall–Kier alpha value is -5.31. The van der Waals surface area contributed by atoms with Crippen LogP contribution in [0.5, 0.6) is 5.75 Å². The molecule has 14 heteroatoms. The fraction of sp³-hybridized carbons (Fsp3) is 0.200. The molecule has 254 valence electrons. The van der Waals surface area contributed by atoms with E-state index in [0.29, 0.717) is 22.7 Å². The second kappa shape index (κ2) is 15.7. The lowest BCUT2D eigenvalue weighted by Gasteiger charge is -2.26. The highest BCUT2D eigenvalue weighted by molar-refractivity contribution is 7.88. The fourth-order valence-electron chi connectivity index (χ4n) is 5.19. The normalized spacial score (nSPS) is 12.5. The summed E-state index contributed by atoms with van der Waals surface area (Å²) in [5.74, 6) is -0.440. The van der Waals surface area contributed by atoms with Crippen molar-refractivity contribution >= 4 is 61.0 Å². The second-order valence-electron chi connectivity index (χ2n) is 11.2. The number of urea groups is 1. The van der Waals surface area contributed by atoms with Crippen LogP contribution < -0.4 is 29.3 Å². The van der Waals surface area contributed by atoms with Crippen LogP contribution in [0, 0.1) is 0 Å². The van der Waals surface area contributed by atoms with Gasteiger partial charge in [-0.15, -0.1) is 11.3 Å². The first-order chi connectivity index (χ1) is 23.5. The molecule has 0 bridgehead atoms. The highest BCUT2D eigenvalue weighted by Crippen LogP contribution is 2.24. The van der Waals surface area contributed by atoms with Crippen molar-refractivity contribution in [2.75, 3.05) is 31.0 Å². The number of carbonyl (C=O) groups excluding carboxylic acids is 3. The molecule has 0 fully saturated rings. The number of amides is 4. The second-order valence-corrected chi connectivity index (χ2v) is 13.5. The summed E-state index contributed by atoms with van der Waals surface area (Å²) in [6.45, 7) is 0. The summed E-state index contributed by atoms with van der Waals surface area (Å²) >= 11 is 1.47. The maximum absolute atomic E-state index is 13.8. The largest absolute Gasteiger partial charge is 0.497 e. The average Bonchev–Trinajstić information content (AvgIpc) is 3.58. The third-order valence-electron chi connectivity index (χ3n) is 7.81. The molecule has 5 rings (SSSR count). The van der Waals surface area contributed by atoms with E-state index in [1.54, 1.807) is 97.5 Å². The number of hydrogen-bond acceptors (Lipinski definition) is 8. The van der Waals surface area contributed by atoms with Crippen molar-refractivity contribution in [2.24, 2.45) is 0 Å². The quantitative estimate of drug-likeness (QED) is 0.166. The van der Waals surface area contributed by atoms with Crippen molar-refractivity contribution in [3.8, 4) is 5.75 Å². The molecule has 0 saturated carbocycles. The van der Waals surface area contributed by atoms with Gasteiger partial charge in [0.1, 0.15) is 17.8 Å². The van der Waals surface area contributed by atoms with Crippen LogP contribution in [-0.2, 0) is 32.6 Å². The zero-order chi connectivity index (χ0) is 35.0. The molecule has 0 saturated heterocycles. The Morgan fingerprint density at radius 2 is 1.33 bits per heavy atom. The zero-order valence-electron chi connectivity index (χ0n) is 27.1. The van der Waals surface area contributed by atoms with Crippen molar-refractivity contribution in [2.45, 2.75) is 24.9 Å². The van der Waals surface area contributed by atoms with Crippen molar-refractivity contribution in [1.29, 1.82) is 0 Å². The summed E-state index contributed by atoms with van der Waals surface area (Å²) in [4.78, 5) is 47.8. The number of anilines is 2. The molecule has 3 N–H and O–H groups in total. The van der Waals surface area contributed by atoms with E-state index in [1.807, 2.05) is 22.9 Å². The smallest absolute Gasteiger partial charge is 0.330 e. The maximum atomic E-state index is 13.8. The number of methoxy groups -OCH3 is 1. The predicted molar refractivity (Wildman–Crippen MR) is 191 cm³/mol. The first kappa shape index (κ1) is 35.0. The minimum Gasteiger partial charge on any atom is -0.497 e. The SMILES string of the molecule is COc1ccc(N(C)C(=O)[C@H](Cc2ccccc2)NS(=O)(=O)NC(=O)NC(Cc2ccccc2)C(=O)N(C)c2ccc3scnc3c2)cc1. The van der Waals surface area contributed by atoms with Crippen LogP contribution in [0.15, 0.2) is 109 Å². The lowest BCUT2D eigenvalue weighted by molar-refractivity contribution is -0.120. The molecule has 2 atom stereocenters. The van der Waals surface area contributed by atoms with Crippen molar-refractivity contribution < 1.29 is 27.5 Å². The van der Waals surface area contributed by atoms with Gasteiger partial charge in [-0.25, -0.2) is 14.5 Å². The van der Waals surface area contributed by atoms with Gasteiger partial charge in [-0.05, 0) is 60.0 Å². The van der Waals surface area contributed by atoms with Crippen molar-refractivity contribution in [3.05, 3.63) is 120 Å². The first-order valence-corrected chi connectivity index (χ1v) is 17.6. The number of rotatable bonds is 13. The number of nitrogens with one attached hydrogen (secondary N) is 3. The highest BCUT2D eigenvalue weighted by atomic mass is 32.2. The molecule has 0 radical (unpaired) electrons. The van der Waals surface area contributed by atoms with Crippen LogP contribution in [0.1, 0.15) is 11.1 Å². The molecule has 4 amide bonds. The molecule has 0 aliphatic heterocycles. The van der Waals surface area contributed by atoms with E-state index >= 15 is 0 Å². The van der Waals surface area contributed by atoms with Gasteiger partial charge >= 0.3 is 16.2 Å². The van der Waals surface area contributed by atoms with E-state index in [1.165, 1.54) is 35.3 Å². The summed E-state index contributed by atoms with van der Waals surface area (Å²) in [6.07, 6.45) is 0.0948. The lowest BCUT2D eigenvalue weighted by Crippen LogP contribution is -2.57. The zero-order valence-corrected chi connectivity index (χ0v) is 28.7. The Morgan fingerprint density at radius 1 is 0.776 bits per heavy atom. The Labute approximate surface area is 288 Å². The number of nitrogens with zero attached hydrogens (tertiary/aromatic N) is 3. The first-order valence-electron chi connectivity index (χ1n) is 15.2. The predicted octanol–water partition coefficient (Wildman–Crippen LogP) is 4.29. The van der Waals surface area contributed by atoms with E-state index in [9.17, 15) is 22.8 Å². The minimum atomic E-state index is -4.62. The molecule has 49 heavy (non-hydrogen) atoms.